The SMILES string of the molecule is O=CO[SH]=O.[NaH]. The van der Waals surface area contributed by atoms with E-state index in [1.54, 1.807) is 0 Å². The van der Waals surface area contributed by atoms with E-state index in [0.29, 0.717) is 0 Å². The fourth-order valence-corrected chi connectivity index (χ4v) is 0.0527. The van der Waals surface area contributed by atoms with E-state index < -0.39 is 11.9 Å². The molecule has 0 aromatic heterocycles. The second kappa shape index (κ2) is 9.15. The van der Waals surface area contributed by atoms with Gasteiger partial charge in [0.25, 0.3) is 0 Å². The average Bonchev–Trinajstić information content (AvgIpc) is 1.41. The minimum absolute atomic E-state index is 0. The molecule has 0 radical (unpaired) electrons. The quantitative estimate of drug-likeness (QED) is 0.269. The van der Waals surface area contributed by atoms with Crippen LogP contribution in [0.4, 0.5) is 0 Å². The zero-order valence-electron chi connectivity index (χ0n) is 2.25. The van der Waals surface area contributed by atoms with Crippen molar-refractivity contribution >= 4 is 48.0 Å². The Kier molecular flexibility index (Phi) is 14.9. The molecule has 0 amide bonds. The van der Waals surface area contributed by atoms with Crippen molar-refractivity contribution in [1.29, 1.82) is 0 Å². The fraction of sp³-hybridized carbons (Fsp3) is 0. The molecule has 0 atom stereocenters. The number of hydrogen-bond acceptors (Lipinski definition) is 3. The molecule has 0 aromatic rings. The van der Waals surface area contributed by atoms with Crippen LogP contribution in [0.15, 0.2) is 0 Å². The van der Waals surface area contributed by atoms with Crippen molar-refractivity contribution in [2.24, 2.45) is 0 Å². The van der Waals surface area contributed by atoms with Gasteiger partial charge in [0.15, 0.2) is 11.9 Å². The summed E-state index contributed by atoms with van der Waals surface area (Å²) in [5.41, 5.74) is 0. The zero-order valence-corrected chi connectivity index (χ0v) is 3.14. The van der Waals surface area contributed by atoms with E-state index in [1.165, 1.54) is 0 Å². The standard InChI is InChI=1S/CH2O3S.Na.H/c2-1-4-5-3;;/h1,5H;;. The second-order valence-electron chi connectivity index (χ2n) is 0.276. The van der Waals surface area contributed by atoms with Gasteiger partial charge in [0.1, 0.15) is 0 Å². The molecule has 3 nitrogen and oxygen atoms in total. The molecule has 0 fully saturated rings. The van der Waals surface area contributed by atoms with E-state index >= 15 is 0 Å². The summed E-state index contributed by atoms with van der Waals surface area (Å²) in [6, 6.07) is 0. The van der Waals surface area contributed by atoms with Gasteiger partial charge < -0.3 is 4.18 Å². The molecule has 0 heterocycles. The van der Waals surface area contributed by atoms with Crippen molar-refractivity contribution in [3.63, 3.8) is 0 Å². The maximum atomic E-state index is 9.05. The number of hydrogen-bond donors (Lipinski definition) is 1. The molecular formula is CH3NaO3S. The molecule has 0 aliphatic rings. The third-order valence-corrected chi connectivity index (χ3v) is 0.258. The van der Waals surface area contributed by atoms with Gasteiger partial charge in [0, 0.05) is 0 Å². The summed E-state index contributed by atoms with van der Waals surface area (Å²) in [5.74, 6) is 0. The number of thiol groups is 1. The molecule has 0 N–H and O–H groups in total. The number of carbonyl (C=O) groups excluding carboxylic acids is 1. The third kappa shape index (κ3) is 8.82. The van der Waals surface area contributed by atoms with Crippen molar-refractivity contribution in [2.75, 3.05) is 0 Å². The van der Waals surface area contributed by atoms with E-state index in [4.69, 9.17) is 9.00 Å². The summed E-state index contributed by atoms with van der Waals surface area (Å²) in [6.45, 7) is 0.106. The first kappa shape index (κ1) is 9.80. The van der Waals surface area contributed by atoms with Gasteiger partial charge in [0.2, 0.25) is 0 Å². The van der Waals surface area contributed by atoms with Crippen molar-refractivity contribution in [2.45, 2.75) is 0 Å². The topological polar surface area (TPSA) is 43.4 Å². The summed E-state index contributed by atoms with van der Waals surface area (Å²) in [6.07, 6.45) is 0. The predicted octanol–water partition coefficient (Wildman–Crippen LogP) is -1.63. The van der Waals surface area contributed by atoms with Crippen LogP contribution in [0.25, 0.3) is 0 Å². The Labute approximate surface area is 61.0 Å². The first-order chi connectivity index (χ1) is 2.41. The number of rotatable bonds is 2. The summed E-state index contributed by atoms with van der Waals surface area (Å²) in [4.78, 5) is 8.98. The van der Waals surface area contributed by atoms with Crippen molar-refractivity contribution in [3.05, 3.63) is 0 Å². The first-order valence-corrected chi connectivity index (χ1v) is 1.57. The van der Waals surface area contributed by atoms with Gasteiger partial charge in [-0.05, 0) is 0 Å². The zero-order chi connectivity index (χ0) is 4.12. The molecule has 32 valence electrons. The van der Waals surface area contributed by atoms with Crippen LogP contribution in [-0.4, -0.2) is 40.2 Å². The Bertz CT molecular complexity index is 40.1. The van der Waals surface area contributed by atoms with Gasteiger partial charge in [-0.25, -0.2) is 4.21 Å². The van der Waals surface area contributed by atoms with E-state index in [2.05, 4.69) is 4.18 Å². The third-order valence-electron chi connectivity index (χ3n) is 0.0861. The summed E-state index contributed by atoms with van der Waals surface area (Å²) in [7, 11) is 0. The number of carbonyl (C=O) groups is 1. The molecule has 5 heteroatoms. The molecule has 0 aliphatic heterocycles. The van der Waals surface area contributed by atoms with E-state index in [1.807, 2.05) is 0 Å². The average molecular weight is 118 g/mol. The van der Waals surface area contributed by atoms with Crippen molar-refractivity contribution in [1.82, 2.24) is 0 Å². The monoisotopic (exact) mass is 118 g/mol. The van der Waals surface area contributed by atoms with Gasteiger partial charge in [-0.1, -0.05) is 0 Å². The van der Waals surface area contributed by atoms with Gasteiger partial charge in [0.05, 0.1) is 0 Å². The second-order valence-corrected chi connectivity index (χ2v) is 0.636. The normalized spacial score (nSPS) is 5.33. The van der Waals surface area contributed by atoms with Gasteiger partial charge in [-0.15, -0.1) is 0 Å². The molecule has 0 saturated heterocycles. The van der Waals surface area contributed by atoms with Crippen LogP contribution in [-0.2, 0) is 20.9 Å². The Morgan fingerprint density at radius 1 is 1.67 bits per heavy atom. The summed E-state index contributed by atoms with van der Waals surface area (Å²) >= 11 is -0.588. The minimum atomic E-state index is -0.588. The van der Waals surface area contributed by atoms with Crippen LogP contribution in [0.5, 0.6) is 0 Å². The predicted molar refractivity (Wildman–Crippen MR) is 23.8 cm³/mol. The Morgan fingerprint density at radius 2 is 2.17 bits per heavy atom. The fourth-order valence-electron chi connectivity index (χ4n) is 0.0176. The molecule has 0 aliphatic carbocycles. The van der Waals surface area contributed by atoms with Crippen LogP contribution >= 0.6 is 0 Å². The molecule has 0 rings (SSSR count). The van der Waals surface area contributed by atoms with Crippen LogP contribution in [0.3, 0.4) is 0 Å². The molecular weight excluding hydrogens is 115 g/mol. The van der Waals surface area contributed by atoms with Crippen LogP contribution in [0.2, 0.25) is 0 Å². The van der Waals surface area contributed by atoms with Crippen molar-refractivity contribution in [3.8, 4) is 0 Å². The molecule has 0 unspecified atom stereocenters. The maximum absolute atomic E-state index is 9.05. The van der Waals surface area contributed by atoms with Crippen molar-refractivity contribution < 1.29 is 13.2 Å². The van der Waals surface area contributed by atoms with E-state index in [-0.39, 0.29) is 36.0 Å². The molecule has 0 aromatic carbocycles. The molecule has 6 heavy (non-hydrogen) atoms. The molecule has 0 spiro atoms. The van der Waals surface area contributed by atoms with Gasteiger partial charge in [-0.2, -0.15) is 0 Å². The van der Waals surface area contributed by atoms with Gasteiger partial charge in [-0.3, -0.25) is 4.79 Å². The van der Waals surface area contributed by atoms with Crippen LogP contribution in [0, 0.1) is 0 Å². The molecule has 0 bridgehead atoms. The van der Waals surface area contributed by atoms with Crippen LogP contribution in [0.1, 0.15) is 0 Å². The Hall–Kier alpha value is 0.620. The van der Waals surface area contributed by atoms with E-state index in [0.717, 1.165) is 0 Å². The Balaban J connectivity index is 0. The van der Waals surface area contributed by atoms with Gasteiger partial charge >= 0.3 is 36.0 Å². The molecule has 0 saturated carbocycles. The summed E-state index contributed by atoms with van der Waals surface area (Å²) < 4.78 is 12.6. The first-order valence-electron chi connectivity index (χ1n) is 0.837. The van der Waals surface area contributed by atoms with Crippen LogP contribution < -0.4 is 0 Å². The summed E-state index contributed by atoms with van der Waals surface area (Å²) in [5, 5.41) is 0. The Morgan fingerprint density at radius 3 is 2.17 bits per heavy atom. The van der Waals surface area contributed by atoms with E-state index in [9.17, 15) is 0 Å².